The van der Waals surface area contributed by atoms with E-state index in [0.29, 0.717) is 47.3 Å². The highest BCUT2D eigenvalue weighted by Crippen LogP contribution is 2.28. The van der Waals surface area contributed by atoms with Gasteiger partial charge in [0, 0.05) is 29.1 Å². The number of methoxy groups -OCH3 is 1. The summed E-state index contributed by atoms with van der Waals surface area (Å²) in [4.78, 5) is 28.1. The standard InChI is InChI=1S/C27H26Cl2N2O3/c1-34-24-11-10-22(29)17-23(24)27(33)31-14-12-19(13-15-31)26(32)30-25(18-6-3-2-4-7-18)20-8-5-9-21(28)16-20/h2-11,16-17,19,25H,12-15H2,1H3,(H,30,32). The fourth-order valence-corrected chi connectivity index (χ4v) is 4.68. The summed E-state index contributed by atoms with van der Waals surface area (Å²) in [6.45, 7) is 0.972. The Morgan fingerprint density at radius 3 is 2.26 bits per heavy atom. The van der Waals surface area contributed by atoms with Crippen LogP contribution in [0.15, 0.2) is 72.8 Å². The molecule has 176 valence electrons. The van der Waals surface area contributed by atoms with Gasteiger partial charge < -0.3 is 15.0 Å². The van der Waals surface area contributed by atoms with Crippen LogP contribution in [0, 0.1) is 5.92 Å². The molecule has 4 rings (SSSR count). The Morgan fingerprint density at radius 2 is 1.59 bits per heavy atom. The molecule has 0 saturated carbocycles. The zero-order chi connectivity index (χ0) is 24.1. The number of nitrogens with one attached hydrogen (secondary N) is 1. The molecule has 1 unspecified atom stereocenters. The van der Waals surface area contributed by atoms with Crippen LogP contribution in [0.1, 0.15) is 40.4 Å². The molecule has 0 spiro atoms. The number of carbonyl (C=O) groups excluding carboxylic acids is 2. The maximum absolute atomic E-state index is 13.2. The minimum Gasteiger partial charge on any atom is -0.496 e. The first kappa shape index (κ1) is 24.1. The van der Waals surface area contributed by atoms with E-state index in [1.807, 2.05) is 54.6 Å². The zero-order valence-corrected chi connectivity index (χ0v) is 20.4. The van der Waals surface area contributed by atoms with E-state index in [1.165, 1.54) is 7.11 Å². The lowest BCUT2D eigenvalue weighted by molar-refractivity contribution is -0.126. The van der Waals surface area contributed by atoms with E-state index >= 15 is 0 Å². The first-order valence-electron chi connectivity index (χ1n) is 11.2. The highest BCUT2D eigenvalue weighted by molar-refractivity contribution is 6.31. The molecule has 1 aliphatic heterocycles. The quantitative estimate of drug-likeness (QED) is 0.471. The van der Waals surface area contributed by atoms with Gasteiger partial charge in [0.1, 0.15) is 5.75 Å². The molecule has 1 heterocycles. The lowest BCUT2D eigenvalue weighted by Crippen LogP contribution is -2.44. The number of benzene rings is 3. The number of ether oxygens (including phenoxy) is 1. The number of halogens is 2. The Morgan fingerprint density at radius 1 is 0.912 bits per heavy atom. The van der Waals surface area contributed by atoms with Crippen LogP contribution in [0.3, 0.4) is 0 Å². The molecule has 2 amide bonds. The molecule has 1 N–H and O–H groups in total. The Bertz CT molecular complexity index is 1160. The number of piperidine rings is 1. The van der Waals surface area contributed by atoms with Gasteiger partial charge in [0.15, 0.2) is 0 Å². The molecule has 3 aromatic carbocycles. The van der Waals surface area contributed by atoms with E-state index in [4.69, 9.17) is 27.9 Å². The summed E-state index contributed by atoms with van der Waals surface area (Å²) >= 11 is 12.3. The summed E-state index contributed by atoms with van der Waals surface area (Å²) in [7, 11) is 1.53. The molecule has 34 heavy (non-hydrogen) atoms. The van der Waals surface area contributed by atoms with Gasteiger partial charge in [-0.3, -0.25) is 9.59 Å². The minimum atomic E-state index is -0.303. The van der Waals surface area contributed by atoms with Crippen molar-refractivity contribution in [2.24, 2.45) is 5.92 Å². The molecule has 0 radical (unpaired) electrons. The van der Waals surface area contributed by atoms with Crippen LogP contribution in [-0.2, 0) is 4.79 Å². The molecule has 5 nitrogen and oxygen atoms in total. The van der Waals surface area contributed by atoms with Gasteiger partial charge in [0.2, 0.25) is 5.91 Å². The number of hydrogen-bond donors (Lipinski definition) is 1. The van der Waals surface area contributed by atoms with Gasteiger partial charge in [-0.15, -0.1) is 0 Å². The Kier molecular flexibility index (Phi) is 7.76. The summed E-state index contributed by atoms with van der Waals surface area (Å²) in [6.07, 6.45) is 1.16. The first-order valence-corrected chi connectivity index (χ1v) is 12.0. The van der Waals surface area contributed by atoms with Crippen molar-refractivity contribution in [3.63, 3.8) is 0 Å². The van der Waals surface area contributed by atoms with Crippen molar-refractivity contribution in [1.82, 2.24) is 10.2 Å². The molecule has 7 heteroatoms. The molecule has 0 aliphatic carbocycles. The third-order valence-corrected chi connectivity index (χ3v) is 6.62. The molecule has 3 aromatic rings. The van der Waals surface area contributed by atoms with Gasteiger partial charge in [0.25, 0.3) is 5.91 Å². The molecule has 1 atom stereocenters. The van der Waals surface area contributed by atoms with Crippen LogP contribution in [0.25, 0.3) is 0 Å². The van der Waals surface area contributed by atoms with Gasteiger partial charge in [-0.25, -0.2) is 0 Å². The lowest BCUT2D eigenvalue weighted by atomic mass is 9.93. The maximum Gasteiger partial charge on any atom is 0.257 e. The van der Waals surface area contributed by atoms with Crippen LogP contribution in [0.4, 0.5) is 0 Å². The van der Waals surface area contributed by atoms with E-state index in [9.17, 15) is 9.59 Å². The summed E-state index contributed by atoms with van der Waals surface area (Å²) in [5, 5.41) is 4.31. The number of hydrogen-bond acceptors (Lipinski definition) is 3. The molecule has 1 saturated heterocycles. The van der Waals surface area contributed by atoms with Gasteiger partial charge in [-0.2, -0.15) is 0 Å². The molecular formula is C27H26Cl2N2O3. The van der Waals surface area contributed by atoms with Gasteiger partial charge >= 0.3 is 0 Å². The summed E-state index contributed by atoms with van der Waals surface area (Å²) in [5.74, 6) is 0.137. The highest BCUT2D eigenvalue weighted by Gasteiger charge is 2.30. The smallest absolute Gasteiger partial charge is 0.257 e. The van der Waals surface area contributed by atoms with Crippen molar-refractivity contribution in [2.45, 2.75) is 18.9 Å². The second-order valence-corrected chi connectivity index (χ2v) is 9.19. The Hall–Kier alpha value is -3.02. The van der Waals surface area contributed by atoms with Crippen molar-refractivity contribution in [3.05, 3.63) is 99.5 Å². The number of carbonyl (C=O) groups is 2. The van der Waals surface area contributed by atoms with E-state index in [1.54, 1.807) is 23.1 Å². The number of rotatable bonds is 6. The first-order chi connectivity index (χ1) is 16.5. The third kappa shape index (κ3) is 5.54. The van der Waals surface area contributed by atoms with Gasteiger partial charge in [-0.05, 0) is 54.3 Å². The maximum atomic E-state index is 13.2. The van der Waals surface area contributed by atoms with E-state index < -0.39 is 0 Å². The second-order valence-electron chi connectivity index (χ2n) is 8.32. The van der Waals surface area contributed by atoms with E-state index in [-0.39, 0.29) is 23.8 Å². The molecule has 0 aromatic heterocycles. The summed E-state index contributed by atoms with van der Waals surface area (Å²) in [5.41, 5.74) is 2.34. The van der Waals surface area contributed by atoms with Crippen molar-refractivity contribution < 1.29 is 14.3 Å². The summed E-state index contributed by atoms with van der Waals surface area (Å²) < 4.78 is 5.33. The van der Waals surface area contributed by atoms with E-state index in [2.05, 4.69) is 5.32 Å². The van der Waals surface area contributed by atoms with Crippen molar-refractivity contribution in [1.29, 1.82) is 0 Å². The topological polar surface area (TPSA) is 58.6 Å². The normalized spacial score (nSPS) is 15.0. The van der Waals surface area contributed by atoms with Crippen molar-refractivity contribution >= 4 is 35.0 Å². The SMILES string of the molecule is COc1ccc(Cl)cc1C(=O)N1CCC(C(=O)NC(c2ccccc2)c2cccc(Cl)c2)CC1. The average Bonchev–Trinajstić information content (AvgIpc) is 2.87. The second kappa shape index (κ2) is 10.9. The van der Waals surface area contributed by atoms with Crippen LogP contribution in [-0.4, -0.2) is 36.9 Å². The molecule has 1 fully saturated rings. The number of nitrogens with zero attached hydrogens (tertiary/aromatic N) is 1. The minimum absolute atomic E-state index is 0.0266. The number of amides is 2. The molecule has 0 bridgehead atoms. The van der Waals surface area contributed by atoms with Crippen molar-refractivity contribution in [2.75, 3.05) is 20.2 Å². The number of likely N-dealkylation sites (tertiary alicyclic amines) is 1. The fourth-order valence-electron chi connectivity index (χ4n) is 4.31. The molecule has 1 aliphatic rings. The molecular weight excluding hydrogens is 471 g/mol. The Labute approximate surface area is 209 Å². The van der Waals surface area contributed by atoms with Crippen LogP contribution in [0.5, 0.6) is 5.75 Å². The van der Waals surface area contributed by atoms with Crippen molar-refractivity contribution in [3.8, 4) is 5.75 Å². The van der Waals surface area contributed by atoms with Crippen LogP contribution < -0.4 is 10.1 Å². The van der Waals surface area contributed by atoms with Crippen LogP contribution in [0.2, 0.25) is 10.0 Å². The Balaban J connectivity index is 1.44. The average molecular weight is 497 g/mol. The predicted molar refractivity (Wildman–Crippen MR) is 135 cm³/mol. The largest absolute Gasteiger partial charge is 0.496 e. The predicted octanol–water partition coefficient (Wildman–Crippen LogP) is 5.76. The third-order valence-electron chi connectivity index (χ3n) is 6.15. The fraction of sp³-hybridized carbons (Fsp3) is 0.259. The van der Waals surface area contributed by atoms with Crippen LogP contribution >= 0.6 is 23.2 Å². The monoisotopic (exact) mass is 496 g/mol. The van der Waals surface area contributed by atoms with Gasteiger partial charge in [-0.1, -0.05) is 65.7 Å². The lowest BCUT2D eigenvalue weighted by Gasteiger charge is -2.32. The van der Waals surface area contributed by atoms with Gasteiger partial charge in [0.05, 0.1) is 18.7 Å². The van der Waals surface area contributed by atoms with E-state index in [0.717, 1.165) is 11.1 Å². The zero-order valence-electron chi connectivity index (χ0n) is 18.8. The summed E-state index contributed by atoms with van der Waals surface area (Å²) in [6, 6.07) is 22.1. The highest BCUT2D eigenvalue weighted by atomic mass is 35.5.